The lowest BCUT2D eigenvalue weighted by Crippen LogP contribution is -2.52. The Morgan fingerprint density at radius 1 is 1.31 bits per heavy atom. The molecular weight excluding hydrogens is 192 g/mol. The van der Waals surface area contributed by atoms with Gasteiger partial charge in [0.15, 0.2) is 6.29 Å². The van der Waals surface area contributed by atoms with Gasteiger partial charge in [-0.1, -0.05) is 13.8 Å². The summed E-state index contributed by atoms with van der Waals surface area (Å²) >= 11 is 0. The Hall–Kier alpha value is 0.0169. The summed E-state index contributed by atoms with van der Waals surface area (Å²) in [5, 5.41) is 18.8. The molecule has 0 aliphatic carbocycles. The van der Waals surface area contributed by atoms with E-state index in [2.05, 4.69) is 0 Å². The number of fused-ring (bicyclic) bond motifs is 2. The van der Waals surface area contributed by atoms with Crippen molar-refractivity contribution in [3.05, 3.63) is 0 Å². The van der Waals surface area contributed by atoms with Crippen LogP contribution in [-0.2, 0) is 13.3 Å². The van der Waals surface area contributed by atoms with Crippen molar-refractivity contribution in [2.75, 3.05) is 6.61 Å². The molecule has 2 heterocycles. The van der Waals surface area contributed by atoms with Crippen molar-refractivity contribution in [1.82, 2.24) is 0 Å². The van der Waals surface area contributed by atoms with E-state index < -0.39 is 27.3 Å². The minimum absolute atomic E-state index is 0.111. The molecular formula is C7H14O5Si. The molecule has 2 rings (SSSR count). The Balaban J connectivity index is 2.19. The lowest BCUT2D eigenvalue weighted by atomic mass is 10.2. The second-order valence-electron chi connectivity index (χ2n) is 3.73. The highest BCUT2D eigenvalue weighted by molar-refractivity contribution is 6.63. The molecule has 0 aromatic carbocycles. The molecule has 2 aliphatic rings. The number of hydrogen-bond donors (Lipinski definition) is 2. The maximum atomic E-state index is 9.43. The van der Waals surface area contributed by atoms with Gasteiger partial charge < -0.3 is 23.5 Å². The third-order valence-corrected chi connectivity index (χ3v) is 5.56. The monoisotopic (exact) mass is 206 g/mol. The van der Waals surface area contributed by atoms with E-state index in [4.69, 9.17) is 13.3 Å². The van der Waals surface area contributed by atoms with Crippen LogP contribution < -0.4 is 0 Å². The maximum absolute atomic E-state index is 9.43. The molecule has 0 radical (unpaired) electrons. The number of aliphatic hydroxyl groups excluding tert-OH is 2. The van der Waals surface area contributed by atoms with Crippen LogP contribution in [-0.4, -0.2) is 44.1 Å². The van der Waals surface area contributed by atoms with Gasteiger partial charge in [0.1, 0.15) is 12.2 Å². The van der Waals surface area contributed by atoms with Gasteiger partial charge in [-0.3, -0.25) is 0 Å². The maximum Gasteiger partial charge on any atom is 0.506 e. The van der Waals surface area contributed by atoms with E-state index in [-0.39, 0.29) is 12.1 Å². The molecule has 2 bridgehead atoms. The average molecular weight is 206 g/mol. The van der Waals surface area contributed by atoms with Crippen LogP contribution >= 0.6 is 0 Å². The molecule has 0 aromatic heterocycles. The molecule has 4 atom stereocenters. The first-order valence-corrected chi connectivity index (χ1v) is 6.21. The molecule has 2 saturated heterocycles. The van der Waals surface area contributed by atoms with E-state index >= 15 is 0 Å². The van der Waals surface area contributed by atoms with Crippen LogP contribution in [0.1, 0.15) is 13.8 Å². The van der Waals surface area contributed by atoms with Gasteiger partial charge >= 0.3 is 8.80 Å². The minimum atomic E-state index is -2.67. The van der Waals surface area contributed by atoms with Crippen LogP contribution in [0.2, 0.25) is 5.54 Å². The fourth-order valence-electron chi connectivity index (χ4n) is 1.58. The fraction of sp³-hybridized carbons (Fsp3) is 1.00. The third-order valence-electron chi connectivity index (χ3n) is 2.41. The van der Waals surface area contributed by atoms with Crippen molar-refractivity contribution < 1.29 is 23.5 Å². The zero-order valence-corrected chi connectivity index (χ0v) is 8.64. The second kappa shape index (κ2) is 3.01. The van der Waals surface area contributed by atoms with Gasteiger partial charge in [0.05, 0.1) is 6.61 Å². The van der Waals surface area contributed by atoms with Crippen molar-refractivity contribution in [3.63, 3.8) is 0 Å². The Kier molecular flexibility index (Phi) is 2.21. The second-order valence-corrected chi connectivity index (χ2v) is 6.85. The Bertz CT molecular complexity index is 211. The molecule has 76 valence electrons. The molecule has 13 heavy (non-hydrogen) atoms. The van der Waals surface area contributed by atoms with Gasteiger partial charge in [0.25, 0.3) is 0 Å². The quantitative estimate of drug-likeness (QED) is 0.564. The molecule has 2 fully saturated rings. The van der Waals surface area contributed by atoms with Crippen molar-refractivity contribution in [2.24, 2.45) is 0 Å². The van der Waals surface area contributed by atoms with Crippen molar-refractivity contribution in [3.8, 4) is 0 Å². The molecule has 6 heteroatoms. The Morgan fingerprint density at radius 3 is 2.62 bits per heavy atom. The number of rotatable bonds is 1. The SMILES string of the molecule is CC(C)[Si]12OCC(O)C(O1)C(O)O2. The van der Waals surface area contributed by atoms with Gasteiger partial charge in [-0.2, -0.15) is 0 Å². The fourth-order valence-corrected chi connectivity index (χ4v) is 4.18. The first-order valence-electron chi connectivity index (χ1n) is 4.41. The minimum Gasteiger partial charge on any atom is -0.388 e. The average Bonchev–Trinajstić information content (AvgIpc) is 2.35. The summed E-state index contributed by atoms with van der Waals surface area (Å²) in [6.45, 7) is 4.06. The van der Waals surface area contributed by atoms with E-state index in [0.717, 1.165) is 0 Å². The van der Waals surface area contributed by atoms with E-state index in [1.54, 1.807) is 0 Å². The third kappa shape index (κ3) is 1.34. The molecule has 4 unspecified atom stereocenters. The van der Waals surface area contributed by atoms with E-state index in [0.29, 0.717) is 0 Å². The molecule has 2 N–H and O–H groups in total. The summed E-state index contributed by atoms with van der Waals surface area (Å²) in [6, 6.07) is 0. The van der Waals surface area contributed by atoms with Crippen LogP contribution in [0.3, 0.4) is 0 Å². The summed E-state index contributed by atoms with van der Waals surface area (Å²) < 4.78 is 16.1. The topological polar surface area (TPSA) is 68.2 Å². The smallest absolute Gasteiger partial charge is 0.388 e. The van der Waals surface area contributed by atoms with Crippen molar-refractivity contribution in [2.45, 2.75) is 37.9 Å². The van der Waals surface area contributed by atoms with E-state index in [9.17, 15) is 10.2 Å². The van der Waals surface area contributed by atoms with Crippen LogP contribution in [0.15, 0.2) is 0 Å². The predicted molar refractivity (Wildman–Crippen MR) is 44.8 cm³/mol. The Labute approximate surface area is 77.6 Å². The molecule has 0 spiro atoms. The molecule has 0 saturated carbocycles. The number of aliphatic hydroxyl groups is 2. The van der Waals surface area contributed by atoms with Crippen molar-refractivity contribution >= 4 is 8.80 Å². The lowest BCUT2D eigenvalue weighted by Gasteiger charge is -2.32. The molecule has 0 aromatic rings. The molecule has 2 aliphatic heterocycles. The molecule has 5 nitrogen and oxygen atoms in total. The standard InChI is InChI=1S/C7H14O5Si/c1-4(2)13-10-3-5(8)6(11-13)7(9)12-13/h4-9H,3H2,1-2H3. The van der Waals surface area contributed by atoms with E-state index in [1.165, 1.54) is 0 Å². The summed E-state index contributed by atoms with van der Waals surface area (Å²) in [6.07, 6.45) is -2.44. The Morgan fingerprint density at radius 2 is 2.00 bits per heavy atom. The largest absolute Gasteiger partial charge is 0.506 e. The van der Waals surface area contributed by atoms with Crippen LogP contribution in [0, 0.1) is 0 Å². The van der Waals surface area contributed by atoms with E-state index in [1.807, 2.05) is 13.8 Å². The van der Waals surface area contributed by atoms with Gasteiger partial charge in [-0.25, -0.2) is 0 Å². The summed E-state index contributed by atoms with van der Waals surface area (Å²) in [7, 11) is -2.67. The highest BCUT2D eigenvalue weighted by atomic mass is 28.4. The van der Waals surface area contributed by atoms with Gasteiger partial charge in [-0.15, -0.1) is 0 Å². The molecule has 0 amide bonds. The normalized spacial score (nSPS) is 50.1. The predicted octanol–water partition coefficient (Wildman–Crippen LogP) is -0.540. The van der Waals surface area contributed by atoms with Crippen molar-refractivity contribution in [1.29, 1.82) is 0 Å². The highest BCUT2D eigenvalue weighted by Crippen LogP contribution is 2.38. The highest BCUT2D eigenvalue weighted by Gasteiger charge is 2.61. The van der Waals surface area contributed by atoms with Crippen LogP contribution in [0.4, 0.5) is 0 Å². The lowest BCUT2D eigenvalue weighted by molar-refractivity contribution is -0.0926. The first kappa shape index (κ1) is 9.57. The van der Waals surface area contributed by atoms with Gasteiger partial charge in [0.2, 0.25) is 0 Å². The summed E-state index contributed by atoms with van der Waals surface area (Å²) in [4.78, 5) is 0. The summed E-state index contributed by atoms with van der Waals surface area (Å²) in [5.41, 5.74) is 0.111. The zero-order valence-electron chi connectivity index (χ0n) is 7.64. The zero-order chi connectivity index (χ0) is 9.64. The number of hydrogen-bond acceptors (Lipinski definition) is 5. The van der Waals surface area contributed by atoms with Crippen LogP contribution in [0.5, 0.6) is 0 Å². The van der Waals surface area contributed by atoms with Gasteiger partial charge in [-0.05, 0) is 0 Å². The van der Waals surface area contributed by atoms with Gasteiger partial charge in [0, 0.05) is 5.54 Å². The van der Waals surface area contributed by atoms with Crippen LogP contribution in [0.25, 0.3) is 0 Å². The first-order chi connectivity index (χ1) is 6.05. The summed E-state index contributed by atoms with van der Waals surface area (Å²) in [5.74, 6) is 0.